The van der Waals surface area contributed by atoms with Crippen LogP contribution in [0.1, 0.15) is 25.7 Å². The summed E-state index contributed by atoms with van der Waals surface area (Å²) < 4.78 is 11.4. The SMILES string of the molecule is CN1CCO[C@H](CN(C(=O)CC[C@@H]2CCCO2)c2nccs2)C1. The second kappa shape index (κ2) is 8.19. The van der Waals surface area contributed by atoms with E-state index in [1.54, 1.807) is 11.1 Å². The average Bonchev–Trinajstić information content (AvgIpc) is 3.23. The number of thiazole rings is 1. The van der Waals surface area contributed by atoms with Crippen LogP contribution >= 0.6 is 11.3 Å². The van der Waals surface area contributed by atoms with E-state index in [4.69, 9.17) is 9.47 Å². The van der Waals surface area contributed by atoms with Crippen LogP contribution in [0.25, 0.3) is 0 Å². The van der Waals surface area contributed by atoms with E-state index >= 15 is 0 Å². The first-order chi connectivity index (χ1) is 11.2. The Morgan fingerprint density at radius 2 is 2.30 bits per heavy atom. The van der Waals surface area contributed by atoms with E-state index < -0.39 is 0 Å². The molecule has 0 aliphatic carbocycles. The van der Waals surface area contributed by atoms with Gasteiger partial charge >= 0.3 is 0 Å². The minimum Gasteiger partial charge on any atom is -0.378 e. The van der Waals surface area contributed by atoms with Crippen molar-refractivity contribution >= 4 is 22.4 Å². The Labute approximate surface area is 141 Å². The highest BCUT2D eigenvalue weighted by atomic mass is 32.1. The molecule has 2 aliphatic rings. The predicted molar refractivity (Wildman–Crippen MR) is 89.9 cm³/mol. The van der Waals surface area contributed by atoms with Crippen molar-refractivity contribution in [3.8, 4) is 0 Å². The molecule has 2 aliphatic heterocycles. The van der Waals surface area contributed by atoms with Crippen molar-refractivity contribution in [1.29, 1.82) is 0 Å². The highest BCUT2D eigenvalue weighted by Gasteiger charge is 2.27. The van der Waals surface area contributed by atoms with Crippen LogP contribution in [0, 0.1) is 0 Å². The number of nitrogens with zero attached hydrogens (tertiary/aromatic N) is 3. The van der Waals surface area contributed by atoms with Crippen LogP contribution in [0.2, 0.25) is 0 Å². The van der Waals surface area contributed by atoms with Gasteiger partial charge in [-0.1, -0.05) is 0 Å². The molecule has 2 atom stereocenters. The number of morpholine rings is 1. The van der Waals surface area contributed by atoms with Gasteiger partial charge in [0.05, 0.1) is 25.4 Å². The summed E-state index contributed by atoms with van der Waals surface area (Å²) in [6.45, 7) is 3.91. The van der Waals surface area contributed by atoms with Crippen LogP contribution in [0.15, 0.2) is 11.6 Å². The van der Waals surface area contributed by atoms with Crippen molar-refractivity contribution in [3.63, 3.8) is 0 Å². The molecule has 3 rings (SSSR count). The standard InChI is InChI=1S/C16H25N3O3S/c1-18-7-9-22-14(11-18)12-19(16-17-6-10-23-16)15(20)5-4-13-3-2-8-21-13/h6,10,13-14H,2-5,7-9,11-12H2,1H3/t13-,14-/m0/s1. The van der Waals surface area contributed by atoms with E-state index in [0.717, 1.165) is 50.7 Å². The monoisotopic (exact) mass is 339 g/mol. The molecule has 0 radical (unpaired) electrons. The molecule has 1 amide bonds. The molecule has 7 heteroatoms. The predicted octanol–water partition coefficient (Wildman–Crippen LogP) is 1.77. The van der Waals surface area contributed by atoms with Crippen LogP contribution < -0.4 is 4.90 Å². The third-order valence-electron chi connectivity index (χ3n) is 4.38. The normalized spacial score (nSPS) is 25.6. The van der Waals surface area contributed by atoms with Gasteiger partial charge in [0.15, 0.2) is 5.13 Å². The molecule has 3 heterocycles. The second-order valence-electron chi connectivity index (χ2n) is 6.25. The third-order valence-corrected chi connectivity index (χ3v) is 5.18. The van der Waals surface area contributed by atoms with Crippen molar-refractivity contribution in [2.24, 2.45) is 0 Å². The summed E-state index contributed by atoms with van der Waals surface area (Å²) in [7, 11) is 2.09. The number of likely N-dealkylation sites (N-methyl/N-ethyl adjacent to an activating group) is 1. The first-order valence-electron chi connectivity index (χ1n) is 8.34. The number of rotatable bonds is 6. The molecule has 0 unspecified atom stereocenters. The fourth-order valence-corrected chi connectivity index (χ4v) is 3.78. The fraction of sp³-hybridized carbons (Fsp3) is 0.750. The molecule has 0 aromatic carbocycles. The van der Waals surface area contributed by atoms with Gasteiger partial charge in [-0.25, -0.2) is 4.98 Å². The number of carbonyl (C=O) groups excluding carboxylic acids is 1. The lowest BCUT2D eigenvalue weighted by Crippen LogP contribution is -2.47. The zero-order valence-electron chi connectivity index (χ0n) is 13.6. The Hall–Kier alpha value is -1.02. The maximum Gasteiger partial charge on any atom is 0.228 e. The van der Waals surface area contributed by atoms with Crippen LogP contribution in [0.3, 0.4) is 0 Å². The molecule has 0 N–H and O–H groups in total. The molecule has 1 aromatic heterocycles. The van der Waals surface area contributed by atoms with Crippen LogP contribution in [-0.4, -0.2) is 67.9 Å². The molecule has 128 valence electrons. The van der Waals surface area contributed by atoms with Gasteiger partial charge in [-0.2, -0.15) is 0 Å². The number of hydrogen-bond donors (Lipinski definition) is 0. The quantitative estimate of drug-likeness (QED) is 0.790. The van der Waals surface area contributed by atoms with E-state index in [0.29, 0.717) is 13.0 Å². The number of anilines is 1. The number of ether oxygens (including phenoxy) is 2. The second-order valence-corrected chi connectivity index (χ2v) is 7.12. The molecule has 1 aromatic rings. The molecule has 2 saturated heterocycles. The van der Waals surface area contributed by atoms with Gasteiger partial charge in [-0.3, -0.25) is 9.69 Å². The van der Waals surface area contributed by atoms with Gasteiger partial charge < -0.3 is 14.4 Å². The first kappa shape index (κ1) is 16.8. The van der Waals surface area contributed by atoms with Crippen LogP contribution in [0.5, 0.6) is 0 Å². The fourth-order valence-electron chi connectivity index (χ4n) is 3.11. The van der Waals surface area contributed by atoms with E-state index in [-0.39, 0.29) is 18.1 Å². The number of amides is 1. The summed E-state index contributed by atoms with van der Waals surface area (Å²) in [4.78, 5) is 21.1. The smallest absolute Gasteiger partial charge is 0.228 e. The third kappa shape index (κ3) is 4.73. The molecule has 0 saturated carbocycles. The minimum absolute atomic E-state index is 0.0457. The Balaban J connectivity index is 1.59. The van der Waals surface area contributed by atoms with Gasteiger partial charge in [0.25, 0.3) is 0 Å². The van der Waals surface area contributed by atoms with Crippen molar-refractivity contribution in [3.05, 3.63) is 11.6 Å². The summed E-state index contributed by atoms with van der Waals surface area (Å²) in [5, 5.41) is 2.67. The molecule has 0 spiro atoms. The summed E-state index contributed by atoms with van der Waals surface area (Å²) in [6.07, 6.45) is 5.52. The topological polar surface area (TPSA) is 54.9 Å². The van der Waals surface area contributed by atoms with Gasteiger partial charge in [-0.05, 0) is 26.3 Å². The number of aromatic nitrogens is 1. The van der Waals surface area contributed by atoms with Gasteiger partial charge in [-0.15, -0.1) is 11.3 Å². The van der Waals surface area contributed by atoms with Gasteiger partial charge in [0.2, 0.25) is 5.91 Å². The molecule has 0 bridgehead atoms. The molecule has 6 nitrogen and oxygen atoms in total. The summed E-state index contributed by atoms with van der Waals surface area (Å²) in [5.74, 6) is 0.118. The first-order valence-corrected chi connectivity index (χ1v) is 9.22. The highest BCUT2D eigenvalue weighted by molar-refractivity contribution is 7.13. The molecular weight excluding hydrogens is 314 g/mol. The number of carbonyl (C=O) groups is 1. The van der Waals surface area contributed by atoms with Crippen molar-refractivity contribution < 1.29 is 14.3 Å². The van der Waals surface area contributed by atoms with E-state index in [1.807, 2.05) is 5.38 Å². The van der Waals surface area contributed by atoms with Crippen molar-refractivity contribution in [2.75, 3.05) is 44.8 Å². The lowest BCUT2D eigenvalue weighted by Gasteiger charge is -2.33. The maximum absolute atomic E-state index is 12.7. The Morgan fingerprint density at radius 1 is 1.43 bits per heavy atom. The zero-order valence-corrected chi connectivity index (χ0v) is 14.5. The molecular formula is C16H25N3O3S. The van der Waals surface area contributed by atoms with E-state index in [1.165, 1.54) is 11.3 Å². The van der Waals surface area contributed by atoms with Gasteiger partial charge in [0.1, 0.15) is 0 Å². The Bertz CT molecular complexity index is 491. The summed E-state index contributed by atoms with van der Waals surface area (Å²) >= 11 is 1.50. The largest absolute Gasteiger partial charge is 0.378 e. The minimum atomic E-state index is 0.0457. The Morgan fingerprint density at radius 3 is 3.00 bits per heavy atom. The molecule has 23 heavy (non-hydrogen) atoms. The van der Waals surface area contributed by atoms with E-state index in [2.05, 4.69) is 16.9 Å². The zero-order chi connectivity index (χ0) is 16.1. The Kier molecular flexibility index (Phi) is 5.99. The molecule has 2 fully saturated rings. The van der Waals surface area contributed by atoms with E-state index in [9.17, 15) is 4.79 Å². The van der Waals surface area contributed by atoms with Crippen molar-refractivity contribution in [2.45, 2.75) is 37.9 Å². The number of hydrogen-bond acceptors (Lipinski definition) is 6. The lowest BCUT2D eigenvalue weighted by molar-refractivity contribution is -0.120. The summed E-state index contributed by atoms with van der Waals surface area (Å²) in [5.41, 5.74) is 0. The maximum atomic E-state index is 12.7. The van der Waals surface area contributed by atoms with Crippen LogP contribution in [0.4, 0.5) is 5.13 Å². The lowest BCUT2D eigenvalue weighted by atomic mass is 10.1. The van der Waals surface area contributed by atoms with Crippen LogP contribution in [-0.2, 0) is 14.3 Å². The summed E-state index contributed by atoms with van der Waals surface area (Å²) in [6, 6.07) is 0. The highest BCUT2D eigenvalue weighted by Crippen LogP contribution is 2.22. The van der Waals surface area contributed by atoms with Crippen molar-refractivity contribution in [1.82, 2.24) is 9.88 Å². The average molecular weight is 339 g/mol. The van der Waals surface area contributed by atoms with Gasteiger partial charge in [0, 0.05) is 37.7 Å².